The van der Waals surface area contributed by atoms with Crippen molar-refractivity contribution in [2.45, 2.75) is 32.7 Å². The van der Waals surface area contributed by atoms with Gasteiger partial charge >= 0.3 is 0 Å². The second-order valence-electron chi connectivity index (χ2n) is 6.67. The van der Waals surface area contributed by atoms with Gasteiger partial charge in [-0.25, -0.2) is 0 Å². The van der Waals surface area contributed by atoms with Crippen LogP contribution in [0.3, 0.4) is 0 Å². The van der Waals surface area contributed by atoms with E-state index in [4.69, 9.17) is 20.9 Å². The highest BCUT2D eigenvalue weighted by Crippen LogP contribution is 2.41. The summed E-state index contributed by atoms with van der Waals surface area (Å²) in [6, 6.07) is 5.66. The van der Waals surface area contributed by atoms with Crippen LogP contribution < -0.4 is 4.90 Å². The molecule has 1 aliphatic heterocycles. The van der Waals surface area contributed by atoms with E-state index in [0.717, 1.165) is 22.2 Å². The van der Waals surface area contributed by atoms with E-state index in [9.17, 15) is 5.11 Å². The standard InChI is InChI=1S/C19H20ClN3O3/c1-11-8-23(9-12(2)25-11)18-14(10-24)6-15-17(13-4-3-5-21-7-13)22-26-19(15)16(18)20/h3-7,11-12,24H,8-10H2,1-2H3/t11-,12+. The molecule has 136 valence electrons. The third-order valence-electron chi connectivity index (χ3n) is 4.60. The molecule has 2 aromatic heterocycles. The summed E-state index contributed by atoms with van der Waals surface area (Å²) in [5, 5.41) is 15.4. The van der Waals surface area contributed by atoms with Crippen LogP contribution in [0, 0.1) is 0 Å². The average molecular weight is 374 g/mol. The smallest absolute Gasteiger partial charge is 0.188 e. The first-order chi connectivity index (χ1) is 12.6. The molecule has 1 aromatic carbocycles. The molecule has 1 saturated heterocycles. The van der Waals surface area contributed by atoms with Crippen molar-refractivity contribution in [3.8, 4) is 11.3 Å². The molecular weight excluding hydrogens is 354 g/mol. The summed E-state index contributed by atoms with van der Waals surface area (Å²) in [7, 11) is 0. The summed E-state index contributed by atoms with van der Waals surface area (Å²) in [6.45, 7) is 5.34. The zero-order valence-electron chi connectivity index (χ0n) is 14.6. The lowest BCUT2D eigenvalue weighted by Crippen LogP contribution is -2.46. The third-order valence-corrected chi connectivity index (χ3v) is 4.95. The fourth-order valence-corrected chi connectivity index (χ4v) is 3.99. The Bertz CT molecular complexity index is 919. The maximum Gasteiger partial charge on any atom is 0.188 e. The monoisotopic (exact) mass is 373 g/mol. The number of morpholine rings is 1. The van der Waals surface area contributed by atoms with E-state index >= 15 is 0 Å². The van der Waals surface area contributed by atoms with Gasteiger partial charge in [-0.05, 0) is 32.0 Å². The summed E-state index contributed by atoms with van der Waals surface area (Å²) in [6.07, 6.45) is 3.59. The van der Waals surface area contributed by atoms with Gasteiger partial charge in [0, 0.05) is 36.6 Å². The van der Waals surface area contributed by atoms with E-state index < -0.39 is 0 Å². The molecule has 1 fully saturated rings. The first-order valence-electron chi connectivity index (χ1n) is 8.61. The highest BCUT2D eigenvalue weighted by Gasteiger charge is 2.28. The lowest BCUT2D eigenvalue weighted by atomic mass is 10.0. The maximum absolute atomic E-state index is 9.98. The number of fused-ring (bicyclic) bond motifs is 1. The van der Waals surface area contributed by atoms with E-state index in [0.29, 0.717) is 29.4 Å². The van der Waals surface area contributed by atoms with Gasteiger partial charge in [-0.15, -0.1) is 0 Å². The zero-order valence-corrected chi connectivity index (χ0v) is 15.4. The number of anilines is 1. The third kappa shape index (κ3) is 2.94. The van der Waals surface area contributed by atoms with Crippen molar-refractivity contribution >= 4 is 28.3 Å². The first-order valence-corrected chi connectivity index (χ1v) is 8.98. The van der Waals surface area contributed by atoms with Gasteiger partial charge in [-0.2, -0.15) is 0 Å². The Morgan fingerprint density at radius 3 is 2.73 bits per heavy atom. The van der Waals surface area contributed by atoms with E-state index in [1.54, 1.807) is 12.4 Å². The molecule has 0 radical (unpaired) electrons. The molecule has 0 aliphatic carbocycles. The van der Waals surface area contributed by atoms with Crippen molar-refractivity contribution in [1.82, 2.24) is 10.1 Å². The lowest BCUT2D eigenvalue weighted by Gasteiger charge is -2.38. The average Bonchev–Trinajstić information content (AvgIpc) is 3.05. The maximum atomic E-state index is 9.98. The molecule has 1 aliphatic rings. The van der Waals surface area contributed by atoms with Crippen molar-refractivity contribution < 1.29 is 14.4 Å². The van der Waals surface area contributed by atoms with E-state index in [1.165, 1.54) is 0 Å². The molecule has 0 unspecified atom stereocenters. The molecule has 4 rings (SSSR count). The molecular formula is C19H20ClN3O3. The Morgan fingerprint density at radius 2 is 2.08 bits per heavy atom. The first kappa shape index (κ1) is 17.3. The Kier molecular flexibility index (Phi) is 4.56. The normalized spacial score (nSPS) is 20.7. The summed E-state index contributed by atoms with van der Waals surface area (Å²) in [4.78, 5) is 6.29. The highest BCUT2D eigenvalue weighted by molar-refractivity contribution is 6.38. The van der Waals surface area contributed by atoms with Crippen LogP contribution in [0.5, 0.6) is 0 Å². The summed E-state index contributed by atoms with van der Waals surface area (Å²) >= 11 is 6.71. The molecule has 0 amide bonds. The Balaban J connectivity index is 1.86. The second-order valence-corrected chi connectivity index (χ2v) is 7.05. The Morgan fingerprint density at radius 1 is 1.31 bits per heavy atom. The number of ether oxygens (including phenoxy) is 1. The van der Waals surface area contributed by atoms with Crippen LogP contribution >= 0.6 is 11.6 Å². The van der Waals surface area contributed by atoms with Crippen molar-refractivity contribution in [2.75, 3.05) is 18.0 Å². The van der Waals surface area contributed by atoms with E-state index in [2.05, 4.69) is 15.0 Å². The van der Waals surface area contributed by atoms with Gasteiger partial charge in [-0.3, -0.25) is 4.98 Å². The van der Waals surface area contributed by atoms with E-state index in [-0.39, 0.29) is 18.8 Å². The largest absolute Gasteiger partial charge is 0.392 e. The Labute approximate surface area is 156 Å². The van der Waals surface area contributed by atoms with Crippen LogP contribution in [0.4, 0.5) is 5.69 Å². The number of hydrogen-bond acceptors (Lipinski definition) is 6. The van der Waals surface area contributed by atoms with Crippen molar-refractivity contribution in [3.05, 3.63) is 41.2 Å². The molecule has 7 heteroatoms. The predicted molar refractivity (Wildman–Crippen MR) is 100 cm³/mol. The number of benzene rings is 1. The SMILES string of the molecule is C[C@@H]1CN(c2c(CO)cc3c(-c4cccnc4)noc3c2Cl)C[C@H](C)O1. The van der Waals surface area contributed by atoms with Gasteiger partial charge < -0.3 is 19.3 Å². The van der Waals surface area contributed by atoms with Crippen molar-refractivity contribution in [3.63, 3.8) is 0 Å². The van der Waals surface area contributed by atoms with Crippen LogP contribution in [0.25, 0.3) is 22.2 Å². The molecule has 26 heavy (non-hydrogen) atoms. The molecule has 3 heterocycles. The van der Waals surface area contributed by atoms with Gasteiger partial charge in [0.25, 0.3) is 0 Å². The Hall–Kier alpha value is -2.15. The van der Waals surface area contributed by atoms with Crippen LogP contribution in [0.2, 0.25) is 5.02 Å². The minimum absolute atomic E-state index is 0.0812. The predicted octanol–water partition coefficient (Wildman–Crippen LogP) is 3.65. The van der Waals surface area contributed by atoms with Gasteiger partial charge in [0.05, 0.1) is 29.9 Å². The fourth-order valence-electron chi connectivity index (χ4n) is 3.61. The highest BCUT2D eigenvalue weighted by atomic mass is 35.5. The number of hydrogen-bond donors (Lipinski definition) is 1. The van der Waals surface area contributed by atoms with Crippen molar-refractivity contribution in [2.24, 2.45) is 0 Å². The van der Waals surface area contributed by atoms with Crippen LogP contribution in [-0.2, 0) is 11.3 Å². The van der Waals surface area contributed by atoms with Gasteiger partial charge in [-0.1, -0.05) is 16.8 Å². The summed E-state index contributed by atoms with van der Waals surface area (Å²) < 4.78 is 11.4. The molecule has 1 N–H and O–H groups in total. The van der Waals surface area contributed by atoms with Gasteiger partial charge in [0.1, 0.15) is 10.7 Å². The van der Waals surface area contributed by atoms with Crippen LogP contribution in [0.15, 0.2) is 35.1 Å². The van der Waals surface area contributed by atoms with Gasteiger partial charge in [0.15, 0.2) is 5.58 Å². The molecule has 0 saturated carbocycles. The van der Waals surface area contributed by atoms with Gasteiger partial charge in [0.2, 0.25) is 0 Å². The quantitative estimate of drug-likeness (QED) is 0.755. The second kappa shape index (κ2) is 6.87. The molecule has 3 aromatic rings. The number of aliphatic hydroxyl groups is 1. The van der Waals surface area contributed by atoms with E-state index in [1.807, 2.05) is 32.0 Å². The molecule has 6 nitrogen and oxygen atoms in total. The number of rotatable bonds is 3. The number of aliphatic hydroxyl groups excluding tert-OH is 1. The van der Waals surface area contributed by atoms with Crippen LogP contribution in [-0.4, -0.2) is 40.5 Å². The minimum Gasteiger partial charge on any atom is -0.392 e. The topological polar surface area (TPSA) is 71.6 Å². The fraction of sp³-hybridized carbons (Fsp3) is 0.368. The molecule has 0 bridgehead atoms. The number of pyridine rings is 1. The molecule has 0 spiro atoms. The minimum atomic E-state index is -0.122. The van der Waals surface area contributed by atoms with Crippen LogP contribution in [0.1, 0.15) is 19.4 Å². The van der Waals surface area contributed by atoms with Crippen molar-refractivity contribution in [1.29, 1.82) is 0 Å². The number of nitrogens with zero attached hydrogens (tertiary/aromatic N) is 3. The molecule has 2 atom stereocenters. The number of halogens is 1. The zero-order chi connectivity index (χ0) is 18.3. The lowest BCUT2D eigenvalue weighted by molar-refractivity contribution is -0.00531. The summed E-state index contributed by atoms with van der Waals surface area (Å²) in [5.41, 5.74) is 3.56. The summed E-state index contributed by atoms with van der Waals surface area (Å²) in [5.74, 6) is 0. The number of aromatic nitrogens is 2.